The summed E-state index contributed by atoms with van der Waals surface area (Å²) in [4.78, 5) is 11.8. The normalized spacial score (nSPS) is 37.8. The number of carbonyl (C=O) groups is 1. The molecule has 2 rings (SSSR count). The maximum atomic E-state index is 11.8. The van der Waals surface area contributed by atoms with Crippen molar-refractivity contribution >= 4 is 5.78 Å². The highest BCUT2D eigenvalue weighted by Crippen LogP contribution is 2.53. The highest BCUT2D eigenvalue weighted by atomic mass is 16.4. The van der Waals surface area contributed by atoms with Crippen LogP contribution in [0.15, 0.2) is 11.1 Å². The molecular weight excluding hydrogens is 228 g/mol. The van der Waals surface area contributed by atoms with Gasteiger partial charge >= 0.3 is 0 Å². The summed E-state index contributed by atoms with van der Waals surface area (Å²) >= 11 is 0. The van der Waals surface area contributed by atoms with E-state index in [1.54, 1.807) is 13.8 Å². The Bertz CT molecular complexity index is 416. The van der Waals surface area contributed by atoms with Crippen LogP contribution in [0, 0.1) is 5.41 Å². The second-order valence-electron chi connectivity index (χ2n) is 6.85. The minimum Gasteiger partial charge on any atom is -0.387 e. The predicted molar refractivity (Wildman–Crippen MR) is 70.1 cm³/mol. The van der Waals surface area contributed by atoms with E-state index < -0.39 is 11.2 Å². The summed E-state index contributed by atoms with van der Waals surface area (Å²) in [7, 11) is 0. The van der Waals surface area contributed by atoms with E-state index in [-0.39, 0.29) is 11.2 Å². The first kappa shape index (κ1) is 13.8. The zero-order chi connectivity index (χ0) is 13.8. The quantitative estimate of drug-likeness (QED) is 0.753. The summed E-state index contributed by atoms with van der Waals surface area (Å²) in [6, 6.07) is 0. The van der Waals surface area contributed by atoms with Crippen molar-refractivity contribution in [2.75, 3.05) is 0 Å². The van der Waals surface area contributed by atoms with Gasteiger partial charge in [0.15, 0.2) is 5.78 Å². The van der Waals surface area contributed by atoms with E-state index >= 15 is 0 Å². The van der Waals surface area contributed by atoms with Crippen LogP contribution in [0.4, 0.5) is 0 Å². The average molecular weight is 252 g/mol. The molecule has 2 N–H and O–H groups in total. The number of ketones is 1. The largest absolute Gasteiger partial charge is 0.387 e. The lowest BCUT2D eigenvalue weighted by Gasteiger charge is -2.51. The molecule has 2 aliphatic carbocycles. The molecule has 2 aliphatic rings. The number of allylic oxidation sites excluding steroid dienone is 1. The molecule has 1 fully saturated rings. The van der Waals surface area contributed by atoms with Crippen LogP contribution in [0.3, 0.4) is 0 Å². The number of hydrogen-bond acceptors (Lipinski definition) is 3. The van der Waals surface area contributed by atoms with E-state index in [9.17, 15) is 15.0 Å². The van der Waals surface area contributed by atoms with Crippen molar-refractivity contribution in [2.24, 2.45) is 5.41 Å². The van der Waals surface area contributed by atoms with Crippen molar-refractivity contribution in [2.45, 2.75) is 71.0 Å². The van der Waals surface area contributed by atoms with Crippen molar-refractivity contribution in [3.05, 3.63) is 11.1 Å². The molecule has 3 nitrogen and oxygen atoms in total. The summed E-state index contributed by atoms with van der Waals surface area (Å²) in [6.07, 6.45) is 3.35. The standard InChI is InChI=1S/C15H24O3/c1-10-11-9-15(18,13(2,3)17)8-7-14(11,4)6-5-12(10)16/h17-18H,5-9H2,1-4H3/t14-,15+/m1/s1. The van der Waals surface area contributed by atoms with Crippen molar-refractivity contribution in [1.29, 1.82) is 0 Å². The van der Waals surface area contributed by atoms with E-state index in [1.165, 1.54) is 0 Å². The SMILES string of the molecule is CC1=C2C[C@](O)(C(C)(C)O)CC[C@@]2(C)CCC1=O. The summed E-state index contributed by atoms with van der Waals surface area (Å²) < 4.78 is 0. The molecule has 0 aliphatic heterocycles. The molecule has 0 aromatic carbocycles. The fourth-order valence-electron chi connectivity index (χ4n) is 3.36. The Morgan fingerprint density at radius 1 is 1.22 bits per heavy atom. The predicted octanol–water partition coefficient (Wildman–Crippen LogP) is 2.36. The summed E-state index contributed by atoms with van der Waals surface area (Å²) in [5.41, 5.74) is -0.334. The topological polar surface area (TPSA) is 57.5 Å². The van der Waals surface area contributed by atoms with Gasteiger partial charge in [-0.05, 0) is 51.0 Å². The molecule has 18 heavy (non-hydrogen) atoms. The Hall–Kier alpha value is -0.670. The maximum absolute atomic E-state index is 11.8. The molecule has 102 valence electrons. The van der Waals surface area contributed by atoms with Crippen molar-refractivity contribution in [3.8, 4) is 0 Å². The number of aliphatic hydroxyl groups is 2. The number of rotatable bonds is 1. The Labute approximate surface area is 109 Å². The fourth-order valence-corrected chi connectivity index (χ4v) is 3.36. The summed E-state index contributed by atoms with van der Waals surface area (Å²) in [5, 5.41) is 20.8. The van der Waals surface area contributed by atoms with Crippen molar-refractivity contribution in [3.63, 3.8) is 0 Å². The third-order valence-electron chi connectivity index (χ3n) is 5.20. The zero-order valence-corrected chi connectivity index (χ0v) is 11.8. The van der Waals surface area contributed by atoms with E-state index in [0.717, 1.165) is 24.0 Å². The fraction of sp³-hybridized carbons (Fsp3) is 0.800. The van der Waals surface area contributed by atoms with Crippen molar-refractivity contribution in [1.82, 2.24) is 0 Å². The van der Waals surface area contributed by atoms with Gasteiger partial charge in [-0.1, -0.05) is 12.5 Å². The van der Waals surface area contributed by atoms with Gasteiger partial charge in [0, 0.05) is 12.8 Å². The van der Waals surface area contributed by atoms with Gasteiger partial charge in [0.05, 0.1) is 11.2 Å². The minimum absolute atomic E-state index is 0.0372. The van der Waals surface area contributed by atoms with Crippen LogP contribution in [0.5, 0.6) is 0 Å². The third kappa shape index (κ3) is 1.94. The molecule has 2 atom stereocenters. The van der Waals surface area contributed by atoms with E-state index in [0.29, 0.717) is 19.3 Å². The average Bonchev–Trinajstić information content (AvgIpc) is 2.26. The molecule has 0 aromatic heterocycles. The minimum atomic E-state index is -1.14. The molecule has 0 unspecified atom stereocenters. The van der Waals surface area contributed by atoms with Crippen LogP contribution in [0.2, 0.25) is 0 Å². The number of carbonyl (C=O) groups excluding carboxylic acids is 1. The Balaban J connectivity index is 2.42. The van der Waals surface area contributed by atoms with Gasteiger partial charge in [0.1, 0.15) is 0 Å². The molecule has 0 saturated heterocycles. The van der Waals surface area contributed by atoms with Gasteiger partial charge in [0.2, 0.25) is 0 Å². The second-order valence-corrected chi connectivity index (χ2v) is 6.85. The lowest BCUT2D eigenvalue weighted by Crippen LogP contribution is -2.54. The smallest absolute Gasteiger partial charge is 0.158 e. The van der Waals surface area contributed by atoms with Crippen LogP contribution >= 0.6 is 0 Å². The molecule has 0 radical (unpaired) electrons. The van der Waals surface area contributed by atoms with Crippen LogP contribution in [-0.2, 0) is 4.79 Å². The summed E-state index contributed by atoms with van der Waals surface area (Å²) in [6.45, 7) is 7.35. The van der Waals surface area contributed by atoms with Crippen LogP contribution in [0.1, 0.15) is 59.8 Å². The lowest BCUT2D eigenvalue weighted by atomic mass is 9.58. The molecule has 0 heterocycles. The monoisotopic (exact) mass is 252 g/mol. The molecule has 1 saturated carbocycles. The third-order valence-corrected chi connectivity index (χ3v) is 5.20. The Morgan fingerprint density at radius 3 is 2.39 bits per heavy atom. The first-order chi connectivity index (χ1) is 8.09. The molecule has 0 bridgehead atoms. The zero-order valence-electron chi connectivity index (χ0n) is 11.8. The maximum Gasteiger partial charge on any atom is 0.158 e. The highest BCUT2D eigenvalue weighted by molar-refractivity contribution is 5.96. The number of hydrogen-bond donors (Lipinski definition) is 2. The second kappa shape index (κ2) is 3.91. The molecule has 0 amide bonds. The van der Waals surface area contributed by atoms with Gasteiger partial charge in [-0.15, -0.1) is 0 Å². The van der Waals surface area contributed by atoms with E-state index in [4.69, 9.17) is 0 Å². The molecule has 0 aromatic rings. The van der Waals surface area contributed by atoms with Gasteiger partial charge in [-0.25, -0.2) is 0 Å². The van der Waals surface area contributed by atoms with Gasteiger partial charge in [-0.2, -0.15) is 0 Å². The number of Topliss-reactive ketones (excluding diaryl/α,β-unsaturated/α-hetero) is 1. The molecular formula is C15H24O3. The van der Waals surface area contributed by atoms with Crippen LogP contribution < -0.4 is 0 Å². The van der Waals surface area contributed by atoms with Crippen LogP contribution in [0.25, 0.3) is 0 Å². The van der Waals surface area contributed by atoms with Crippen molar-refractivity contribution < 1.29 is 15.0 Å². The molecule has 3 heteroatoms. The Morgan fingerprint density at radius 2 is 1.83 bits per heavy atom. The van der Waals surface area contributed by atoms with Gasteiger partial charge in [-0.3, -0.25) is 4.79 Å². The lowest BCUT2D eigenvalue weighted by molar-refractivity contribution is -0.150. The summed E-state index contributed by atoms with van der Waals surface area (Å²) in [5.74, 6) is 0.197. The first-order valence-electron chi connectivity index (χ1n) is 6.77. The van der Waals surface area contributed by atoms with Crippen LogP contribution in [-0.4, -0.2) is 27.2 Å². The first-order valence-corrected chi connectivity index (χ1v) is 6.77. The number of fused-ring (bicyclic) bond motifs is 1. The van der Waals surface area contributed by atoms with Gasteiger partial charge < -0.3 is 10.2 Å². The Kier molecular flexibility index (Phi) is 2.99. The van der Waals surface area contributed by atoms with Gasteiger partial charge in [0.25, 0.3) is 0 Å². The highest BCUT2D eigenvalue weighted by Gasteiger charge is 2.51. The molecule has 0 spiro atoms. The van der Waals surface area contributed by atoms with E-state index in [1.807, 2.05) is 6.92 Å². The van der Waals surface area contributed by atoms with E-state index in [2.05, 4.69) is 6.92 Å².